The molecule has 0 radical (unpaired) electrons. The summed E-state index contributed by atoms with van der Waals surface area (Å²) in [4.78, 5) is 23.0. The number of piperazine rings is 1. The maximum Gasteiger partial charge on any atom is 0.233 e. The molecular formula is C31H30ClN9S. The van der Waals surface area contributed by atoms with E-state index in [1.165, 1.54) is 11.1 Å². The number of aromatic nitrogens is 4. The van der Waals surface area contributed by atoms with Gasteiger partial charge in [-0.25, -0.2) is 0 Å². The second-order valence-electron chi connectivity index (χ2n) is 10.2. The van der Waals surface area contributed by atoms with Crippen LogP contribution in [0.5, 0.6) is 0 Å². The fraction of sp³-hybridized carbons (Fsp3) is 0.194. The van der Waals surface area contributed by atoms with Crippen LogP contribution in [-0.2, 0) is 0 Å². The molecule has 6 rings (SSSR count). The van der Waals surface area contributed by atoms with E-state index in [-0.39, 0.29) is 0 Å². The van der Waals surface area contributed by atoms with E-state index in [1.807, 2.05) is 48.5 Å². The predicted octanol–water partition coefficient (Wildman–Crippen LogP) is 6.70. The molecule has 0 saturated carbocycles. The van der Waals surface area contributed by atoms with Crippen molar-refractivity contribution >= 4 is 74.7 Å². The summed E-state index contributed by atoms with van der Waals surface area (Å²) in [6.07, 6.45) is 1.76. The Hall–Kier alpha value is -4.54. The maximum absolute atomic E-state index is 6.15. The van der Waals surface area contributed by atoms with E-state index in [4.69, 9.17) is 33.8 Å². The van der Waals surface area contributed by atoms with Crippen molar-refractivity contribution in [3.05, 3.63) is 95.1 Å². The van der Waals surface area contributed by atoms with Gasteiger partial charge in [0.05, 0.1) is 11.2 Å². The van der Waals surface area contributed by atoms with E-state index in [1.54, 1.807) is 6.20 Å². The van der Waals surface area contributed by atoms with Gasteiger partial charge < -0.3 is 25.8 Å². The van der Waals surface area contributed by atoms with Crippen LogP contribution >= 0.6 is 23.8 Å². The Morgan fingerprint density at radius 3 is 1.95 bits per heavy atom. The highest BCUT2D eigenvalue weighted by molar-refractivity contribution is 7.80. The molecule has 0 amide bonds. The van der Waals surface area contributed by atoms with Crippen LogP contribution in [0.15, 0.2) is 79.0 Å². The van der Waals surface area contributed by atoms with E-state index in [9.17, 15) is 0 Å². The summed E-state index contributed by atoms with van der Waals surface area (Å²) in [5, 5.41) is 12.4. The molecule has 1 saturated heterocycles. The Morgan fingerprint density at radius 1 is 0.762 bits per heavy atom. The number of rotatable bonds is 6. The fourth-order valence-electron chi connectivity index (χ4n) is 4.68. The van der Waals surface area contributed by atoms with Crippen molar-refractivity contribution in [3.8, 4) is 0 Å². The van der Waals surface area contributed by atoms with Crippen molar-refractivity contribution in [2.24, 2.45) is 0 Å². The van der Waals surface area contributed by atoms with Gasteiger partial charge in [0.25, 0.3) is 0 Å². The van der Waals surface area contributed by atoms with Crippen LogP contribution in [0.1, 0.15) is 11.1 Å². The second kappa shape index (κ2) is 12.1. The molecule has 11 heteroatoms. The number of aryl methyl sites for hydroxylation is 2. The lowest BCUT2D eigenvalue weighted by Crippen LogP contribution is -2.50. The summed E-state index contributed by atoms with van der Waals surface area (Å²) >= 11 is 11.9. The molecule has 1 aliphatic heterocycles. The highest BCUT2D eigenvalue weighted by Gasteiger charge is 2.23. The van der Waals surface area contributed by atoms with Crippen LogP contribution in [0.3, 0.4) is 0 Å². The van der Waals surface area contributed by atoms with Gasteiger partial charge in [-0.1, -0.05) is 47.0 Å². The Morgan fingerprint density at radius 2 is 1.36 bits per heavy atom. The maximum atomic E-state index is 6.15. The van der Waals surface area contributed by atoms with Gasteiger partial charge in [-0.2, -0.15) is 15.0 Å². The number of nitrogens with one attached hydrogen (secondary N) is 3. The van der Waals surface area contributed by atoms with Gasteiger partial charge in [0.2, 0.25) is 17.8 Å². The van der Waals surface area contributed by atoms with Gasteiger partial charge in [0.1, 0.15) is 0 Å². The third-order valence-electron chi connectivity index (χ3n) is 7.04. The minimum Gasteiger partial charge on any atom is -0.345 e. The Bertz CT molecular complexity index is 1650. The number of nitrogens with zero attached hydrogens (tertiary/aromatic N) is 6. The molecule has 0 unspecified atom stereocenters. The van der Waals surface area contributed by atoms with E-state index in [2.05, 4.69) is 73.8 Å². The van der Waals surface area contributed by atoms with Crippen LogP contribution in [-0.4, -0.2) is 56.1 Å². The fourth-order valence-corrected chi connectivity index (χ4v) is 5.14. The monoisotopic (exact) mass is 595 g/mol. The van der Waals surface area contributed by atoms with Crippen LogP contribution in [0.2, 0.25) is 5.02 Å². The van der Waals surface area contributed by atoms with Crippen LogP contribution in [0.4, 0.5) is 34.9 Å². The molecule has 1 aliphatic rings. The molecule has 5 aromatic rings. The SMILES string of the molecule is Cc1ccc(Nc2nc(Nc3ccc(C)cc3)nc(N3CCN(C(=S)Nc4ccnc5cc(Cl)ccc45)CC3)n2)cc1. The number of pyridine rings is 1. The van der Waals surface area contributed by atoms with Gasteiger partial charge >= 0.3 is 0 Å². The summed E-state index contributed by atoms with van der Waals surface area (Å²) in [6.45, 7) is 6.95. The third kappa shape index (κ3) is 6.50. The van der Waals surface area contributed by atoms with Crippen molar-refractivity contribution in [1.82, 2.24) is 24.8 Å². The number of hydrogen-bond acceptors (Lipinski definition) is 8. The third-order valence-corrected chi connectivity index (χ3v) is 7.63. The van der Waals surface area contributed by atoms with Crippen LogP contribution in [0, 0.1) is 13.8 Å². The van der Waals surface area contributed by atoms with Gasteiger partial charge in [-0.05, 0) is 74.6 Å². The summed E-state index contributed by atoms with van der Waals surface area (Å²) in [5.74, 6) is 1.55. The Labute approximate surface area is 255 Å². The summed E-state index contributed by atoms with van der Waals surface area (Å²) in [5.41, 5.74) is 5.91. The van der Waals surface area contributed by atoms with Crippen molar-refractivity contribution < 1.29 is 0 Å². The Kier molecular flexibility index (Phi) is 7.98. The van der Waals surface area contributed by atoms with Gasteiger partial charge in [0.15, 0.2) is 5.11 Å². The van der Waals surface area contributed by atoms with Gasteiger partial charge in [0, 0.05) is 54.2 Å². The second-order valence-corrected chi connectivity index (χ2v) is 11.0. The molecule has 1 fully saturated rings. The molecular weight excluding hydrogens is 566 g/mol. The lowest BCUT2D eigenvalue weighted by molar-refractivity contribution is 0.388. The van der Waals surface area contributed by atoms with E-state index in [0.29, 0.717) is 54.2 Å². The van der Waals surface area contributed by atoms with Crippen LogP contribution < -0.4 is 20.9 Å². The lowest BCUT2D eigenvalue weighted by atomic mass is 10.2. The molecule has 2 aromatic heterocycles. The molecule has 3 aromatic carbocycles. The zero-order chi connectivity index (χ0) is 29.1. The number of thiocarbonyl (C=S) groups is 1. The topological polar surface area (TPSA) is 94.1 Å². The molecule has 3 heterocycles. The number of fused-ring (bicyclic) bond motifs is 1. The molecule has 9 nitrogen and oxygen atoms in total. The van der Waals surface area contributed by atoms with Gasteiger partial charge in [-0.15, -0.1) is 0 Å². The molecule has 0 bridgehead atoms. The number of benzene rings is 3. The highest BCUT2D eigenvalue weighted by atomic mass is 35.5. The zero-order valence-corrected chi connectivity index (χ0v) is 24.9. The van der Waals surface area contributed by atoms with Crippen LogP contribution in [0.25, 0.3) is 10.9 Å². The quantitative estimate of drug-likeness (QED) is 0.184. The Balaban J connectivity index is 1.18. The molecule has 0 atom stereocenters. The van der Waals surface area contributed by atoms with Crippen molar-refractivity contribution in [3.63, 3.8) is 0 Å². The number of anilines is 6. The highest BCUT2D eigenvalue weighted by Crippen LogP contribution is 2.26. The first-order valence-electron chi connectivity index (χ1n) is 13.7. The van der Waals surface area contributed by atoms with Crippen molar-refractivity contribution in [2.45, 2.75) is 13.8 Å². The molecule has 3 N–H and O–H groups in total. The van der Waals surface area contributed by atoms with E-state index in [0.717, 1.165) is 28.0 Å². The first-order valence-corrected chi connectivity index (χ1v) is 14.5. The molecule has 42 heavy (non-hydrogen) atoms. The summed E-state index contributed by atoms with van der Waals surface area (Å²) < 4.78 is 0. The summed E-state index contributed by atoms with van der Waals surface area (Å²) in [6, 6.07) is 23.8. The lowest BCUT2D eigenvalue weighted by Gasteiger charge is -2.36. The van der Waals surface area contributed by atoms with E-state index < -0.39 is 0 Å². The minimum atomic E-state index is 0.475. The van der Waals surface area contributed by atoms with Crippen molar-refractivity contribution in [2.75, 3.05) is 47.0 Å². The normalized spacial score (nSPS) is 13.2. The average Bonchev–Trinajstić information content (AvgIpc) is 2.99. The summed E-state index contributed by atoms with van der Waals surface area (Å²) in [7, 11) is 0. The van der Waals surface area contributed by atoms with Gasteiger partial charge in [-0.3, -0.25) is 4.98 Å². The predicted molar refractivity (Wildman–Crippen MR) is 176 cm³/mol. The van der Waals surface area contributed by atoms with Crippen molar-refractivity contribution in [1.29, 1.82) is 0 Å². The largest absolute Gasteiger partial charge is 0.345 e. The van der Waals surface area contributed by atoms with E-state index >= 15 is 0 Å². The molecule has 212 valence electrons. The molecule has 0 aliphatic carbocycles. The number of hydrogen-bond donors (Lipinski definition) is 3. The number of halogens is 1. The average molecular weight is 596 g/mol. The minimum absolute atomic E-state index is 0.475. The molecule has 0 spiro atoms. The zero-order valence-electron chi connectivity index (χ0n) is 23.3. The first-order chi connectivity index (χ1) is 20.4. The standard InChI is InChI=1S/C31H30ClN9S/c1-20-3-8-23(9-4-20)34-28-37-29(35-24-10-5-21(2)6-11-24)39-30(38-28)40-15-17-41(18-16-40)31(42)36-26-13-14-33-27-19-22(32)7-12-25(26)27/h3-14,19H,15-18H2,1-2H3,(H,33,36,42)(H2,34,35,37,38,39). The first kappa shape index (κ1) is 27.6. The smallest absolute Gasteiger partial charge is 0.233 e.